The molecule has 1 N–H and O–H groups in total. The third-order valence-electron chi connectivity index (χ3n) is 2.97. The molecule has 5 nitrogen and oxygen atoms in total. The molecule has 108 valence electrons. The van der Waals surface area contributed by atoms with Crippen LogP contribution in [-0.4, -0.2) is 24.0 Å². The number of benzene rings is 1. The second-order valence-electron chi connectivity index (χ2n) is 4.40. The molecule has 0 bridgehead atoms. The van der Waals surface area contributed by atoms with Crippen LogP contribution in [0.2, 0.25) is 5.02 Å². The van der Waals surface area contributed by atoms with E-state index in [1.807, 2.05) is 31.6 Å². The third-order valence-corrected chi connectivity index (χ3v) is 3.38. The van der Waals surface area contributed by atoms with E-state index < -0.39 is 0 Å². The number of ether oxygens (including phenoxy) is 2. The molecule has 0 atom stereocenters. The summed E-state index contributed by atoms with van der Waals surface area (Å²) in [6, 6.07) is 3.78. The Kier molecular flexibility index (Phi) is 4.87. The first-order valence-corrected chi connectivity index (χ1v) is 6.61. The van der Waals surface area contributed by atoms with Gasteiger partial charge in [0.05, 0.1) is 25.4 Å². The largest absolute Gasteiger partial charge is 0.493 e. The van der Waals surface area contributed by atoms with Crippen molar-refractivity contribution in [2.24, 2.45) is 7.05 Å². The lowest BCUT2D eigenvalue weighted by Crippen LogP contribution is -2.13. The van der Waals surface area contributed by atoms with Crippen molar-refractivity contribution in [3.05, 3.63) is 40.7 Å². The van der Waals surface area contributed by atoms with Gasteiger partial charge in [-0.15, -0.1) is 0 Å². The van der Waals surface area contributed by atoms with E-state index in [2.05, 4.69) is 10.4 Å². The van der Waals surface area contributed by atoms with Crippen molar-refractivity contribution in [1.82, 2.24) is 15.1 Å². The van der Waals surface area contributed by atoms with E-state index in [0.29, 0.717) is 23.1 Å². The van der Waals surface area contributed by atoms with Crippen LogP contribution in [0.1, 0.15) is 11.1 Å². The van der Waals surface area contributed by atoms with E-state index in [1.54, 1.807) is 18.9 Å². The van der Waals surface area contributed by atoms with Gasteiger partial charge in [-0.2, -0.15) is 5.10 Å². The van der Waals surface area contributed by atoms with Crippen molar-refractivity contribution in [3.63, 3.8) is 0 Å². The minimum absolute atomic E-state index is 0.565. The van der Waals surface area contributed by atoms with Crippen LogP contribution in [0.15, 0.2) is 24.5 Å². The molecule has 0 radical (unpaired) electrons. The Morgan fingerprint density at radius 1 is 1.25 bits per heavy atom. The summed E-state index contributed by atoms with van der Waals surface area (Å²) in [5.41, 5.74) is 2.09. The number of rotatable bonds is 6. The van der Waals surface area contributed by atoms with Crippen molar-refractivity contribution < 1.29 is 9.47 Å². The first-order chi connectivity index (χ1) is 9.65. The number of nitrogens with one attached hydrogen (secondary N) is 1. The molecule has 0 aliphatic carbocycles. The van der Waals surface area contributed by atoms with Gasteiger partial charge in [0.15, 0.2) is 11.5 Å². The lowest BCUT2D eigenvalue weighted by atomic mass is 10.2. The minimum Gasteiger partial charge on any atom is -0.493 e. The van der Waals surface area contributed by atoms with Crippen LogP contribution in [0.4, 0.5) is 0 Å². The Labute approximate surface area is 123 Å². The summed E-state index contributed by atoms with van der Waals surface area (Å²) >= 11 is 6.32. The maximum atomic E-state index is 6.32. The second-order valence-corrected chi connectivity index (χ2v) is 4.78. The van der Waals surface area contributed by atoms with Gasteiger partial charge in [-0.1, -0.05) is 17.7 Å². The molecule has 2 rings (SSSR count). The Balaban J connectivity index is 2.02. The Bertz CT molecular complexity index is 584. The van der Waals surface area contributed by atoms with Crippen LogP contribution in [0.25, 0.3) is 0 Å². The number of aromatic nitrogens is 2. The second kappa shape index (κ2) is 6.63. The molecule has 0 saturated heterocycles. The first kappa shape index (κ1) is 14.7. The molecule has 0 aliphatic rings. The Morgan fingerprint density at radius 2 is 2.05 bits per heavy atom. The summed E-state index contributed by atoms with van der Waals surface area (Å²) in [5, 5.41) is 8.03. The fourth-order valence-electron chi connectivity index (χ4n) is 1.97. The van der Waals surface area contributed by atoms with Crippen LogP contribution >= 0.6 is 11.6 Å². The van der Waals surface area contributed by atoms with Crippen molar-refractivity contribution >= 4 is 11.6 Å². The SMILES string of the molecule is COc1ccc(CNCc2cnn(C)c2)c(Cl)c1OC. The molecule has 0 amide bonds. The summed E-state index contributed by atoms with van der Waals surface area (Å²) < 4.78 is 12.3. The number of nitrogens with zero attached hydrogens (tertiary/aromatic N) is 2. The highest BCUT2D eigenvalue weighted by Crippen LogP contribution is 2.37. The lowest BCUT2D eigenvalue weighted by Gasteiger charge is -2.13. The van der Waals surface area contributed by atoms with Gasteiger partial charge in [0, 0.05) is 31.9 Å². The number of aryl methyl sites for hydroxylation is 1. The summed E-state index contributed by atoms with van der Waals surface area (Å²) in [5.74, 6) is 1.20. The first-order valence-electron chi connectivity index (χ1n) is 6.23. The molecule has 2 aromatic rings. The molecular formula is C14H18ClN3O2. The molecule has 1 heterocycles. The van der Waals surface area contributed by atoms with Crippen molar-refractivity contribution in [3.8, 4) is 11.5 Å². The van der Waals surface area contributed by atoms with Crippen LogP contribution in [0, 0.1) is 0 Å². The summed E-state index contributed by atoms with van der Waals surface area (Å²) in [6.07, 6.45) is 3.81. The summed E-state index contributed by atoms with van der Waals surface area (Å²) in [4.78, 5) is 0. The van der Waals surface area contributed by atoms with Crippen LogP contribution < -0.4 is 14.8 Å². The Hall–Kier alpha value is -1.72. The van der Waals surface area contributed by atoms with E-state index in [0.717, 1.165) is 17.7 Å². The molecule has 0 spiro atoms. The predicted octanol–water partition coefficient (Wildman–Crippen LogP) is 2.38. The van der Waals surface area contributed by atoms with E-state index in [4.69, 9.17) is 21.1 Å². The molecule has 1 aromatic carbocycles. The maximum absolute atomic E-state index is 6.32. The highest BCUT2D eigenvalue weighted by Gasteiger charge is 2.12. The van der Waals surface area contributed by atoms with Crippen molar-refractivity contribution in [1.29, 1.82) is 0 Å². The average Bonchev–Trinajstić information content (AvgIpc) is 2.86. The molecule has 20 heavy (non-hydrogen) atoms. The lowest BCUT2D eigenvalue weighted by molar-refractivity contribution is 0.354. The fourth-order valence-corrected chi connectivity index (χ4v) is 2.27. The zero-order valence-electron chi connectivity index (χ0n) is 11.8. The van der Waals surface area contributed by atoms with Crippen molar-refractivity contribution in [2.45, 2.75) is 13.1 Å². The average molecular weight is 296 g/mol. The molecule has 0 unspecified atom stereocenters. The maximum Gasteiger partial charge on any atom is 0.179 e. The molecule has 0 aliphatic heterocycles. The van der Waals surface area contributed by atoms with Gasteiger partial charge in [0.1, 0.15) is 0 Å². The van der Waals surface area contributed by atoms with E-state index in [1.165, 1.54) is 0 Å². The van der Waals surface area contributed by atoms with E-state index in [-0.39, 0.29) is 0 Å². The highest BCUT2D eigenvalue weighted by atomic mass is 35.5. The summed E-state index contributed by atoms with van der Waals surface area (Å²) in [6.45, 7) is 1.38. The molecule has 1 aromatic heterocycles. The van der Waals surface area contributed by atoms with Crippen molar-refractivity contribution in [2.75, 3.05) is 14.2 Å². The fraction of sp³-hybridized carbons (Fsp3) is 0.357. The van der Waals surface area contributed by atoms with Gasteiger partial charge in [-0.25, -0.2) is 0 Å². The number of hydrogen-bond donors (Lipinski definition) is 1. The molecule has 6 heteroatoms. The minimum atomic E-state index is 0.565. The topological polar surface area (TPSA) is 48.3 Å². The van der Waals surface area contributed by atoms with Gasteiger partial charge in [-0.05, 0) is 11.6 Å². The smallest absolute Gasteiger partial charge is 0.179 e. The van der Waals surface area contributed by atoms with Gasteiger partial charge in [0.2, 0.25) is 0 Å². The molecular weight excluding hydrogens is 278 g/mol. The van der Waals surface area contributed by atoms with Gasteiger partial charge in [-0.3, -0.25) is 4.68 Å². The normalized spacial score (nSPS) is 10.6. The quantitative estimate of drug-likeness (QED) is 0.889. The number of methoxy groups -OCH3 is 2. The van der Waals surface area contributed by atoms with Crippen LogP contribution in [0.5, 0.6) is 11.5 Å². The molecule has 0 fully saturated rings. The summed E-state index contributed by atoms with van der Waals surface area (Å²) in [7, 11) is 5.07. The van der Waals surface area contributed by atoms with Gasteiger partial charge in [0.25, 0.3) is 0 Å². The number of hydrogen-bond acceptors (Lipinski definition) is 4. The van der Waals surface area contributed by atoms with Gasteiger partial charge >= 0.3 is 0 Å². The van der Waals surface area contributed by atoms with Gasteiger partial charge < -0.3 is 14.8 Å². The third kappa shape index (κ3) is 3.23. The zero-order valence-corrected chi connectivity index (χ0v) is 12.6. The monoisotopic (exact) mass is 295 g/mol. The predicted molar refractivity (Wildman–Crippen MR) is 78.3 cm³/mol. The number of halogens is 1. The Morgan fingerprint density at radius 3 is 2.65 bits per heavy atom. The molecule has 0 saturated carbocycles. The van der Waals surface area contributed by atoms with Crippen LogP contribution in [0.3, 0.4) is 0 Å². The highest BCUT2D eigenvalue weighted by molar-refractivity contribution is 6.33. The van der Waals surface area contributed by atoms with E-state index in [9.17, 15) is 0 Å². The standard InChI is InChI=1S/C14H18ClN3O2/c1-18-9-10(7-17-18)6-16-8-11-4-5-12(19-2)14(20-3)13(11)15/h4-5,7,9,16H,6,8H2,1-3H3. The van der Waals surface area contributed by atoms with E-state index >= 15 is 0 Å². The zero-order chi connectivity index (χ0) is 14.5. The van der Waals surface area contributed by atoms with Crippen LogP contribution in [-0.2, 0) is 20.1 Å².